The van der Waals surface area contributed by atoms with Gasteiger partial charge in [-0.3, -0.25) is 0 Å². The van der Waals surface area contributed by atoms with Crippen LogP contribution in [0.1, 0.15) is 17.7 Å². The van der Waals surface area contributed by atoms with Crippen molar-refractivity contribution in [3.8, 4) is 22.9 Å². The van der Waals surface area contributed by atoms with Crippen molar-refractivity contribution in [3.05, 3.63) is 193 Å². The Labute approximate surface area is 302 Å². The van der Waals surface area contributed by atoms with E-state index in [4.69, 9.17) is 4.74 Å². The minimum Gasteiger partial charge on any atom is -0.457 e. The van der Waals surface area contributed by atoms with E-state index in [1.165, 1.54) is 49.7 Å². The number of aromatic nitrogens is 2. The summed E-state index contributed by atoms with van der Waals surface area (Å²) in [7, 11) is 0. The van der Waals surface area contributed by atoms with E-state index in [1.807, 2.05) is 30.3 Å². The van der Waals surface area contributed by atoms with Crippen LogP contribution in [0.5, 0.6) is 11.5 Å². The number of anilines is 3. The molecule has 0 radical (unpaired) electrons. The normalized spacial score (nSPS) is 12.4. The van der Waals surface area contributed by atoms with Gasteiger partial charge in [0.05, 0.1) is 16.6 Å². The van der Waals surface area contributed by atoms with Crippen LogP contribution in [0.2, 0.25) is 0 Å². The zero-order chi connectivity index (χ0) is 34.4. The summed E-state index contributed by atoms with van der Waals surface area (Å²) in [5, 5.41) is 3.69. The molecule has 0 N–H and O–H groups in total. The maximum absolute atomic E-state index is 6.21. The van der Waals surface area contributed by atoms with Gasteiger partial charge in [0, 0.05) is 55.9 Å². The van der Waals surface area contributed by atoms with Gasteiger partial charge < -0.3 is 18.8 Å². The van der Waals surface area contributed by atoms with Gasteiger partial charge >= 0.3 is 0 Å². The van der Waals surface area contributed by atoms with E-state index < -0.39 is 0 Å². The molecule has 9 aromatic rings. The lowest BCUT2D eigenvalue weighted by Gasteiger charge is -2.26. The maximum atomic E-state index is 6.21. The first-order valence-corrected chi connectivity index (χ1v) is 17.9. The quantitative estimate of drug-likeness (QED) is 0.168. The predicted molar refractivity (Wildman–Crippen MR) is 216 cm³/mol. The molecule has 0 unspecified atom stereocenters. The van der Waals surface area contributed by atoms with Crippen LogP contribution in [-0.4, -0.2) is 9.13 Å². The van der Waals surface area contributed by atoms with Crippen molar-refractivity contribution in [3.63, 3.8) is 0 Å². The lowest BCUT2D eigenvalue weighted by atomic mass is 10.0. The number of fused-ring (bicyclic) bond motifs is 6. The van der Waals surface area contributed by atoms with Gasteiger partial charge in [-0.05, 0) is 116 Å². The number of hydrogen-bond acceptors (Lipinski definition) is 2. The van der Waals surface area contributed by atoms with Crippen LogP contribution in [0.3, 0.4) is 0 Å². The fourth-order valence-corrected chi connectivity index (χ4v) is 7.91. The van der Waals surface area contributed by atoms with Crippen LogP contribution in [0.4, 0.5) is 17.1 Å². The molecule has 2 heterocycles. The molecule has 7 aromatic carbocycles. The first-order valence-electron chi connectivity index (χ1n) is 17.9. The van der Waals surface area contributed by atoms with E-state index in [0.717, 1.165) is 47.1 Å². The molecular weight excluding hydrogens is 635 g/mol. The average Bonchev–Trinajstić information content (AvgIpc) is 3.72. The Morgan fingerprint density at radius 1 is 0.442 bits per heavy atom. The summed E-state index contributed by atoms with van der Waals surface area (Å²) in [6.07, 6.45) is 6.68. The van der Waals surface area contributed by atoms with E-state index in [9.17, 15) is 0 Å². The summed E-state index contributed by atoms with van der Waals surface area (Å²) < 4.78 is 11.0. The maximum Gasteiger partial charge on any atom is 0.127 e. The molecule has 2 aromatic heterocycles. The van der Waals surface area contributed by atoms with E-state index >= 15 is 0 Å². The molecule has 0 spiro atoms. The van der Waals surface area contributed by atoms with Crippen LogP contribution in [0, 0.1) is 0 Å². The van der Waals surface area contributed by atoms with Gasteiger partial charge in [0.2, 0.25) is 0 Å². The summed E-state index contributed by atoms with van der Waals surface area (Å²) in [4.78, 5) is 2.37. The van der Waals surface area contributed by atoms with Crippen molar-refractivity contribution in [2.24, 2.45) is 0 Å². The summed E-state index contributed by atoms with van der Waals surface area (Å²) in [5.74, 6) is 1.62. The number of hydrogen-bond donors (Lipinski definition) is 0. The molecule has 0 saturated heterocycles. The van der Waals surface area contributed by atoms with Gasteiger partial charge in [-0.25, -0.2) is 0 Å². The number of allylic oxidation sites excluding steroid dienone is 1. The second-order valence-electron chi connectivity index (χ2n) is 13.3. The molecule has 0 amide bonds. The van der Waals surface area contributed by atoms with Crippen molar-refractivity contribution in [1.29, 1.82) is 0 Å². The monoisotopic (exact) mass is 669 g/mol. The van der Waals surface area contributed by atoms with Gasteiger partial charge in [0.25, 0.3) is 0 Å². The number of rotatable bonds is 7. The highest BCUT2D eigenvalue weighted by Gasteiger charge is 2.22. The molecule has 248 valence electrons. The average molecular weight is 670 g/mol. The first kappa shape index (κ1) is 30.1. The van der Waals surface area contributed by atoms with Gasteiger partial charge in [-0.2, -0.15) is 0 Å². The predicted octanol–water partition coefficient (Wildman–Crippen LogP) is 12.9. The molecule has 1 aliphatic carbocycles. The molecule has 4 nitrogen and oxygen atoms in total. The lowest BCUT2D eigenvalue weighted by Crippen LogP contribution is -2.10. The van der Waals surface area contributed by atoms with Crippen molar-refractivity contribution in [2.45, 2.75) is 12.8 Å². The molecule has 0 atom stereocenters. The van der Waals surface area contributed by atoms with Crippen LogP contribution in [0.15, 0.2) is 182 Å². The smallest absolute Gasteiger partial charge is 0.127 e. The third-order valence-corrected chi connectivity index (χ3v) is 10.2. The second kappa shape index (κ2) is 12.5. The fraction of sp³-hybridized carbons (Fsp3) is 0.0417. The van der Waals surface area contributed by atoms with Crippen LogP contribution < -0.4 is 9.64 Å². The van der Waals surface area contributed by atoms with Crippen LogP contribution in [-0.2, 0) is 6.42 Å². The van der Waals surface area contributed by atoms with Gasteiger partial charge in [-0.1, -0.05) is 84.9 Å². The van der Waals surface area contributed by atoms with Crippen molar-refractivity contribution < 1.29 is 4.74 Å². The molecule has 0 saturated carbocycles. The lowest BCUT2D eigenvalue weighted by molar-refractivity contribution is 0.483. The molecular formula is C48H35N3O. The fourth-order valence-electron chi connectivity index (χ4n) is 7.91. The van der Waals surface area contributed by atoms with Crippen molar-refractivity contribution in [1.82, 2.24) is 9.13 Å². The van der Waals surface area contributed by atoms with Gasteiger partial charge in [0.1, 0.15) is 11.5 Å². The zero-order valence-corrected chi connectivity index (χ0v) is 28.6. The minimum atomic E-state index is 0.797. The Morgan fingerprint density at radius 3 is 1.69 bits per heavy atom. The molecule has 52 heavy (non-hydrogen) atoms. The number of ether oxygens (including phenoxy) is 1. The van der Waals surface area contributed by atoms with E-state index in [2.05, 4.69) is 172 Å². The minimum absolute atomic E-state index is 0.797. The zero-order valence-electron chi connectivity index (χ0n) is 28.6. The second-order valence-corrected chi connectivity index (χ2v) is 13.3. The Kier molecular flexibility index (Phi) is 7.24. The SMILES string of the molecule is C1=Cc2c(n(-c3ccccc3)c3ccc(N(c4ccc(Oc5ccccc5)cc4)c4ccc5c(c4)c4ccccc4n5-c4ccccc4)cc23)CC1. The topological polar surface area (TPSA) is 22.3 Å². The van der Waals surface area contributed by atoms with E-state index in [0.29, 0.717) is 0 Å². The first-order chi connectivity index (χ1) is 25.8. The Bertz CT molecular complexity index is 2740. The summed E-state index contributed by atoms with van der Waals surface area (Å²) >= 11 is 0. The van der Waals surface area contributed by atoms with Crippen molar-refractivity contribution >= 4 is 55.8 Å². The summed E-state index contributed by atoms with van der Waals surface area (Å²) in [5.41, 5.74) is 11.9. The molecule has 10 rings (SSSR count). The highest BCUT2D eigenvalue weighted by Crippen LogP contribution is 2.43. The Hall–Kier alpha value is -6.78. The summed E-state index contributed by atoms with van der Waals surface area (Å²) in [6, 6.07) is 62.3. The number of nitrogens with zero attached hydrogens (tertiary/aromatic N) is 3. The van der Waals surface area contributed by atoms with Gasteiger partial charge in [-0.15, -0.1) is 0 Å². The molecule has 0 aliphatic heterocycles. The van der Waals surface area contributed by atoms with E-state index in [1.54, 1.807) is 0 Å². The number of para-hydroxylation sites is 4. The van der Waals surface area contributed by atoms with E-state index in [-0.39, 0.29) is 0 Å². The largest absolute Gasteiger partial charge is 0.457 e. The molecule has 4 heteroatoms. The van der Waals surface area contributed by atoms with Crippen LogP contribution >= 0.6 is 0 Å². The van der Waals surface area contributed by atoms with Crippen LogP contribution in [0.25, 0.3) is 50.2 Å². The molecule has 0 fully saturated rings. The van der Waals surface area contributed by atoms with Gasteiger partial charge in [0.15, 0.2) is 0 Å². The standard InChI is InChI=1S/C48H35N3O/c1-4-14-34(15-5-1)50-45-22-12-10-20-41(45)43-32-37(26-30-47(43)50)49(36-24-28-40(29-25-36)52-39-18-8-3-9-19-39)38-27-31-48-44(33-38)42-21-11-13-23-46(42)51(48)35-16-6-2-7-17-35/h1-12,14-22,24-33H,13,23H2. The Morgan fingerprint density at radius 2 is 0.981 bits per heavy atom. The molecule has 0 bridgehead atoms. The highest BCUT2D eigenvalue weighted by atomic mass is 16.5. The third-order valence-electron chi connectivity index (χ3n) is 10.2. The molecule has 1 aliphatic rings. The Balaban J connectivity index is 1.17. The third kappa shape index (κ3) is 5.07. The van der Waals surface area contributed by atoms with Crippen molar-refractivity contribution in [2.75, 3.05) is 4.90 Å². The number of benzene rings is 7. The summed E-state index contributed by atoms with van der Waals surface area (Å²) in [6.45, 7) is 0. The highest BCUT2D eigenvalue weighted by molar-refractivity contribution is 6.11.